The van der Waals surface area contributed by atoms with Gasteiger partial charge in [0.1, 0.15) is 12.6 Å². The second-order valence-corrected chi connectivity index (χ2v) is 11.5. The summed E-state index contributed by atoms with van der Waals surface area (Å²) in [7, 11) is -4.05. The maximum atomic E-state index is 13.7. The van der Waals surface area contributed by atoms with Crippen LogP contribution in [0.15, 0.2) is 83.8 Å². The Morgan fingerprint density at radius 2 is 1.56 bits per heavy atom. The highest BCUT2D eigenvalue weighted by Crippen LogP contribution is 2.25. The van der Waals surface area contributed by atoms with Crippen molar-refractivity contribution in [2.45, 2.75) is 38.3 Å². The summed E-state index contributed by atoms with van der Waals surface area (Å²) in [5.41, 5.74) is 2.29. The molecule has 1 N–H and O–H groups in total. The molecule has 3 aromatic carbocycles. The Morgan fingerprint density at radius 3 is 2.14 bits per heavy atom. The number of carbonyl (C=O) groups excluding carboxylic acids is 2. The summed E-state index contributed by atoms with van der Waals surface area (Å²) in [6, 6.07) is 21.8. The summed E-state index contributed by atoms with van der Waals surface area (Å²) in [5.74, 6) is -0.780. The van der Waals surface area contributed by atoms with Gasteiger partial charge in [-0.2, -0.15) is 0 Å². The summed E-state index contributed by atoms with van der Waals surface area (Å²) in [5, 5.41) is 2.76. The second-order valence-electron chi connectivity index (χ2n) is 8.38. The third-order valence-corrected chi connectivity index (χ3v) is 8.22. The number of sulfonamides is 1. The Morgan fingerprint density at radius 1 is 0.944 bits per heavy atom. The minimum atomic E-state index is -4.05. The van der Waals surface area contributed by atoms with Gasteiger partial charge in [0.05, 0.1) is 10.6 Å². The number of amides is 2. The fourth-order valence-corrected chi connectivity index (χ4v) is 5.45. The molecule has 9 heteroatoms. The van der Waals surface area contributed by atoms with Crippen LogP contribution < -0.4 is 9.62 Å². The van der Waals surface area contributed by atoms with E-state index in [2.05, 4.69) is 27.9 Å². The number of carbonyl (C=O) groups is 2. The number of rotatable bonds is 10. The zero-order chi connectivity index (χ0) is 26.3. The molecule has 3 aromatic rings. The molecule has 0 fully saturated rings. The first-order valence-electron chi connectivity index (χ1n) is 11.6. The third kappa shape index (κ3) is 6.85. The van der Waals surface area contributed by atoms with Crippen LogP contribution in [0.3, 0.4) is 0 Å². The summed E-state index contributed by atoms with van der Waals surface area (Å²) < 4.78 is 29.3. The smallest absolute Gasteiger partial charge is 0.264 e. The van der Waals surface area contributed by atoms with E-state index in [1.54, 1.807) is 49.4 Å². The molecule has 2 amide bonds. The monoisotopic (exact) mass is 619 g/mol. The molecule has 0 aromatic heterocycles. The zero-order valence-corrected chi connectivity index (χ0v) is 23.5. The molecule has 0 radical (unpaired) electrons. The lowest BCUT2D eigenvalue weighted by molar-refractivity contribution is -0.139. The first-order valence-corrected chi connectivity index (χ1v) is 14.1. The average molecular weight is 620 g/mol. The molecule has 0 spiro atoms. The molecular formula is C27H30IN3O4S. The van der Waals surface area contributed by atoms with E-state index in [0.29, 0.717) is 12.2 Å². The lowest BCUT2D eigenvalue weighted by atomic mass is 10.1. The Hall–Kier alpha value is -2.92. The Bertz CT molecular complexity index is 1280. The van der Waals surface area contributed by atoms with Crippen molar-refractivity contribution in [2.24, 2.45) is 0 Å². The molecule has 1 atom stereocenters. The molecule has 0 bridgehead atoms. The standard InChI is InChI=1S/C27H30IN3O4S/c1-4-29-27(33)21(3)30(18-22-12-10-20(2)11-13-22)26(32)19-31(24-16-14-23(28)15-17-24)36(34,35)25-8-6-5-7-9-25/h5-17,21H,4,18-19H2,1-3H3,(H,29,33). The predicted octanol–water partition coefficient (Wildman–Crippen LogP) is 4.35. The van der Waals surface area contributed by atoms with Gasteiger partial charge in [-0.25, -0.2) is 8.42 Å². The maximum Gasteiger partial charge on any atom is 0.264 e. The highest BCUT2D eigenvalue weighted by Gasteiger charge is 2.32. The van der Waals surface area contributed by atoms with Crippen LogP contribution in [0, 0.1) is 10.5 Å². The van der Waals surface area contributed by atoms with E-state index in [0.717, 1.165) is 19.0 Å². The van der Waals surface area contributed by atoms with Gasteiger partial charge in [0, 0.05) is 16.7 Å². The summed E-state index contributed by atoms with van der Waals surface area (Å²) in [6.45, 7) is 5.57. The van der Waals surface area contributed by atoms with Crippen LogP contribution in [-0.2, 0) is 26.2 Å². The minimum Gasteiger partial charge on any atom is -0.355 e. The maximum absolute atomic E-state index is 13.7. The van der Waals surface area contributed by atoms with Crippen LogP contribution in [0.1, 0.15) is 25.0 Å². The third-order valence-electron chi connectivity index (χ3n) is 5.72. The van der Waals surface area contributed by atoms with Gasteiger partial charge < -0.3 is 10.2 Å². The number of likely N-dealkylation sites (N-methyl/N-ethyl adjacent to an activating group) is 1. The van der Waals surface area contributed by atoms with Crippen molar-refractivity contribution in [2.75, 3.05) is 17.4 Å². The van der Waals surface area contributed by atoms with Crippen molar-refractivity contribution < 1.29 is 18.0 Å². The largest absolute Gasteiger partial charge is 0.355 e. The zero-order valence-electron chi connectivity index (χ0n) is 20.5. The second kappa shape index (κ2) is 12.4. The quantitative estimate of drug-likeness (QED) is 0.342. The van der Waals surface area contributed by atoms with E-state index in [-0.39, 0.29) is 17.3 Å². The van der Waals surface area contributed by atoms with Gasteiger partial charge in [0.25, 0.3) is 10.0 Å². The number of nitrogens with one attached hydrogen (secondary N) is 1. The minimum absolute atomic E-state index is 0.0817. The predicted molar refractivity (Wildman–Crippen MR) is 150 cm³/mol. The van der Waals surface area contributed by atoms with Crippen LogP contribution in [0.4, 0.5) is 5.69 Å². The van der Waals surface area contributed by atoms with E-state index in [1.165, 1.54) is 17.0 Å². The highest BCUT2D eigenvalue weighted by molar-refractivity contribution is 14.1. The van der Waals surface area contributed by atoms with E-state index in [4.69, 9.17) is 0 Å². The Kier molecular flexibility index (Phi) is 9.49. The van der Waals surface area contributed by atoms with Crippen molar-refractivity contribution in [1.29, 1.82) is 0 Å². The Labute approximate surface area is 226 Å². The fourth-order valence-electron chi connectivity index (χ4n) is 3.65. The van der Waals surface area contributed by atoms with Crippen molar-refractivity contribution in [3.63, 3.8) is 0 Å². The van der Waals surface area contributed by atoms with E-state index in [9.17, 15) is 18.0 Å². The lowest BCUT2D eigenvalue weighted by Gasteiger charge is -2.32. The number of benzene rings is 3. The van der Waals surface area contributed by atoms with Gasteiger partial charge in [-0.3, -0.25) is 13.9 Å². The van der Waals surface area contributed by atoms with Gasteiger partial charge in [0.15, 0.2) is 0 Å². The van der Waals surface area contributed by atoms with Crippen LogP contribution in [0.5, 0.6) is 0 Å². The highest BCUT2D eigenvalue weighted by atomic mass is 127. The number of anilines is 1. The molecule has 190 valence electrons. The van der Waals surface area contributed by atoms with E-state index < -0.39 is 28.5 Å². The molecular weight excluding hydrogens is 589 g/mol. The van der Waals surface area contributed by atoms with Crippen LogP contribution in [0.2, 0.25) is 0 Å². The SMILES string of the molecule is CCNC(=O)C(C)N(Cc1ccc(C)cc1)C(=O)CN(c1ccc(I)cc1)S(=O)(=O)c1ccccc1. The first kappa shape index (κ1) is 27.7. The molecule has 0 saturated heterocycles. The van der Waals surface area contributed by atoms with Crippen molar-refractivity contribution in [1.82, 2.24) is 10.2 Å². The van der Waals surface area contributed by atoms with Crippen LogP contribution >= 0.6 is 22.6 Å². The van der Waals surface area contributed by atoms with E-state index >= 15 is 0 Å². The molecule has 0 aliphatic rings. The molecule has 0 heterocycles. The van der Waals surface area contributed by atoms with Gasteiger partial charge in [0.2, 0.25) is 11.8 Å². The van der Waals surface area contributed by atoms with E-state index in [1.807, 2.05) is 38.1 Å². The molecule has 1 unspecified atom stereocenters. The number of hydrogen-bond acceptors (Lipinski definition) is 4. The molecule has 0 aliphatic carbocycles. The summed E-state index contributed by atoms with van der Waals surface area (Å²) >= 11 is 2.14. The summed E-state index contributed by atoms with van der Waals surface area (Å²) in [4.78, 5) is 27.9. The van der Waals surface area contributed by atoms with Gasteiger partial charge in [-0.15, -0.1) is 0 Å². The van der Waals surface area contributed by atoms with Gasteiger partial charge in [-0.05, 0) is 85.3 Å². The van der Waals surface area contributed by atoms with Crippen molar-refractivity contribution in [3.8, 4) is 0 Å². The topological polar surface area (TPSA) is 86.8 Å². The molecule has 0 saturated carbocycles. The summed E-state index contributed by atoms with van der Waals surface area (Å²) in [6.07, 6.45) is 0. The molecule has 36 heavy (non-hydrogen) atoms. The number of aryl methyl sites for hydroxylation is 1. The number of hydrogen-bond donors (Lipinski definition) is 1. The molecule has 7 nitrogen and oxygen atoms in total. The Balaban J connectivity index is 2.00. The van der Waals surface area contributed by atoms with Gasteiger partial charge in [-0.1, -0.05) is 48.0 Å². The van der Waals surface area contributed by atoms with Crippen molar-refractivity contribution in [3.05, 3.63) is 93.6 Å². The van der Waals surface area contributed by atoms with Crippen LogP contribution in [0.25, 0.3) is 0 Å². The number of nitrogens with zero attached hydrogens (tertiary/aromatic N) is 2. The molecule has 0 aliphatic heterocycles. The number of halogens is 1. The van der Waals surface area contributed by atoms with Crippen LogP contribution in [-0.4, -0.2) is 44.3 Å². The average Bonchev–Trinajstić information content (AvgIpc) is 2.87. The van der Waals surface area contributed by atoms with Gasteiger partial charge >= 0.3 is 0 Å². The normalized spacial score (nSPS) is 12.0. The first-order chi connectivity index (χ1) is 17.1. The van der Waals surface area contributed by atoms with Crippen molar-refractivity contribution >= 4 is 50.1 Å². The lowest BCUT2D eigenvalue weighted by Crippen LogP contribution is -2.51. The molecule has 3 rings (SSSR count). The fraction of sp³-hybridized carbons (Fsp3) is 0.259.